The van der Waals surface area contributed by atoms with Crippen LogP contribution in [0.15, 0.2) is 36.9 Å². The third-order valence-corrected chi connectivity index (χ3v) is 4.33. The summed E-state index contributed by atoms with van der Waals surface area (Å²) in [5, 5.41) is 0. The Morgan fingerprint density at radius 3 is 2.23 bits per heavy atom. The monoisotopic (exact) mass is 290 g/mol. The van der Waals surface area contributed by atoms with Crippen molar-refractivity contribution >= 4 is 17.6 Å². The van der Waals surface area contributed by atoms with Gasteiger partial charge in [0.2, 0.25) is 0 Å². The first-order valence-electron chi connectivity index (χ1n) is 7.63. The molecule has 0 saturated carbocycles. The standard InChI is InChI=1S/C20H18O2/c1-4-12-10-14(6-3)18-16(11-12)19(21)15-9-7-8-13(5-2)17(15)20(18)22/h4,7-11H,1,5-6H2,2-3H3. The number of rotatable bonds is 3. The van der Waals surface area contributed by atoms with E-state index >= 15 is 0 Å². The van der Waals surface area contributed by atoms with Gasteiger partial charge in [-0.15, -0.1) is 0 Å². The van der Waals surface area contributed by atoms with E-state index in [9.17, 15) is 9.59 Å². The van der Waals surface area contributed by atoms with Gasteiger partial charge in [-0.05, 0) is 35.6 Å². The van der Waals surface area contributed by atoms with Crippen molar-refractivity contribution in [2.45, 2.75) is 26.7 Å². The fraction of sp³-hybridized carbons (Fsp3) is 0.200. The van der Waals surface area contributed by atoms with Crippen LogP contribution in [0.2, 0.25) is 0 Å². The van der Waals surface area contributed by atoms with Crippen molar-refractivity contribution in [3.63, 3.8) is 0 Å². The van der Waals surface area contributed by atoms with Crippen LogP contribution in [0.4, 0.5) is 0 Å². The van der Waals surface area contributed by atoms with Crippen LogP contribution in [0.3, 0.4) is 0 Å². The first-order chi connectivity index (χ1) is 10.6. The van der Waals surface area contributed by atoms with E-state index < -0.39 is 0 Å². The van der Waals surface area contributed by atoms with E-state index in [1.807, 2.05) is 32.0 Å². The highest BCUT2D eigenvalue weighted by Crippen LogP contribution is 2.33. The Balaban J connectivity index is 2.36. The Hall–Kier alpha value is -2.48. The van der Waals surface area contributed by atoms with E-state index in [4.69, 9.17) is 0 Å². The third-order valence-electron chi connectivity index (χ3n) is 4.33. The van der Waals surface area contributed by atoms with Crippen molar-refractivity contribution in [3.05, 3.63) is 75.9 Å². The summed E-state index contributed by atoms with van der Waals surface area (Å²) in [5.41, 5.74) is 4.95. The van der Waals surface area contributed by atoms with Crippen LogP contribution in [0.25, 0.3) is 6.08 Å². The zero-order valence-corrected chi connectivity index (χ0v) is 12.9. The van der Waals surface area contributed by atoms with Gasteiger partial charge in [0.25, 0.3) is 0 Å². The molecule has 0 fully saturated rings. The third kappa shape index (κ3) is 1.95. The van der Waals surface area contributed by atoms with E-state index in [1.165, 1.54) is 0 Å². The van der Waals surface area contributed by atoms with Crippen LogP contribution < -0.4 is 0 Å². The number of hydrogen-bond acceptors (Lipinski definition) is 2. The molecule has 0 spiro atoms. The van der Waals surface area contributed by atoms with Gasteiger partial charge in [0, 0.05) is 22.3 Å². The average Bonchev–Trinajstić information content (AvgIpc) is 2.57. The molecule has 0 bridgehead atoms. The highest BCUT2D eigenvalue weighted by atomic mass is 16.1. The summed E-state index contributed by atoms with van der Waals surface area (Å²) in [6, 6.07) is 9.27. The first kappa shape index (κ1) is 14.5. The number of fused-ring (bicyclic) bond motifs is 2. The summed E-state index contributed by atoms with van der Waals surface area (Å²) >= 11 is 0. The summed E-state index contributed by atoms with van der Waals surface area (Å²) in [6.45, 7) is 7.78. The van der Waals surface area contributed by atoms with E-state index in [0.29, 0.717) is 28.7 Å². The zero-order chi connectivity index (χ0) is 15.9. The Labute approximate surface area is 130 Å². The number of ketones is 2. The van der Waals surface area contributed by atoms with Gasteiger partial charge in [-0.3, -0.25) is 9.59 Å². The second-order valence-corrected chi connectivity index (χ2v) is 5.51. The zero-order valence-electron chi connectivity index (χ0n) is 12.9. The summed E-state index contributed by atoms with van der Waals surface area (Å²) in [4.78, 5) is 25.9. The average molecular weight is 290 g/mol. The number of hydrogen-bond donors (Lipinski definition) is 0. The molecular formula is C20H18O2. The van der Waals surface area contributed by atoms with Crippen molar-refractivity contribution in [3.8, 4) is 0 Å². The van der Waals surface area contributed by atoms with Crippen molar-refractivity contribution in [1.29, 1.82) is 0 Å². The highest BCUT2D eigenvalue weighted by Gasteiger charge is 2.32. The van der Waals surface area contributed by atoms with Gasteiger partial charge in [0.05, 0.1) is 0 Å². The molecule has 0 radical (unpaired) electrons. The number of carbonyl (C=O) groups excluding carboxylic acids is 2. The predicted molar refractivity (Wildman–Crippen MR) is 88.6 cm³/mol. The van der Waals surface area contributed by atoms with Gasteiger partial charge < -0.3 is 0 Å². The normalized spacial score (nSPS) is 12.8. The van der Waals surface area contributed by atoms with E-state index in [-0.39, 0.29) is 11.6 Å². The molecule has 2 nitrogen and oxygen atoms in total. The Morgan fingerprint density at radius 2 is 1.59 bits per heavy atom. The molecule has 0 amide bonds. The quantitative estimate of drug-likeness (QED) is 0.723. The predicted octanol–water partition coefficient (Wildman–Crippen LogP) is 4.23. The van der Waals surface area contributed by atoms with Crippen LogP contribution in [0.5, 0.6) is 0 Å². The van der Waals surface area contributed by atoms with Crippen molar-refractivity contribution in [1.82, 2.24) is 0 Å². The van der Waals surface area contributed by atoms with Gasteiger partial charge in [0.1, 0.15) is 0 Å². The van der Waals surface area contributed by atoms with Crippen molar-refractivity contribution in [2.24, 2.45) is 0 Å². The van der Waals surface area contributed by atoms with Crippen LogP contribution in [0.1, 0.15) is 62.4 Å². The molecule has 1 aliphatic rings. The Morgan fingerprint density at radius 1 is 0.909 bits per heavy atom. The maximum Gasteiger partial charge on any atom is 0.195 e. The van der Waals surface area contributed by atoms with Crippen LogP contribution in [-0.4, -0.2) is 11.6 Å². The molecule has 3 rings (SSSR count). The lowest BCUT2D eigenvalue weighted by Gasteiger charge is -2.22. The van der Waals surface area contributed by atoms with Crippen molar-refractivity contribution < 1.29 is 9.59 Å². The molecule has 22 heavy (non-hydrogen) atoms. The van der Waals surface area contributed by atoms with E-state index in [0.717, 1.165) is 23.1 Å². The molecule has 0 aromatic heterocycles. The summed E-state index contributed by atoms with van der Waals surface area (Å²) in [5.74, 6) is -0.0761. The minimum absolute atomic E-state index is 0.0190. The fourth-order valence-corrected chi connectivity index (χ4v) is 3.19. The van der Waals surface area contributed by atoms with Gasteiger partial charge in [-0.2, -0.15) is 0 Å². The lowest BCUT2D eigenvalue weighted by atomic mass is 9.78. The SMILES string of the molecule is C=Cc1cc(CC)c2c(c1)C(=O)c1cccc(CC)c1C2=O. The highest BCUT2D eigenvalue weighted by molar-refractivity contribution is 6.29. The van der Waals surface area contributed by atoms with E-state index in [2.05, 4.69) is 6.58 Å². The Bertz CT molecular complexity index is 813. The maximum absolute atomic E-state index is 13.0. The largest absolute Gasteiger partial charge is 0.289 e. The lowest BCUT2D eigenvalue weighted by Crippen LogP contribution is -2.24. The molecule has 2 heteroatoms. The second-order valence-electron chi connectivity index (χ2n) is 5.51. The van der Waals surface area contributed by atoms with Crippen LogP contribution in [0, 0.1) is 0 Å². The molecule has 0 aliphatic heterocycles. The fourth-order valence-electron chi connectivity index (χ4n) is 3.19. The molecule has 0 unspecified atom stereocenters. The molecule has 0 atom stereocenters. The van der Waals surface area contributed by atoms with Gasteiger partial charge in [0.15, 0.2) is 11.6 Å². The molecule has 1 aliphatic carbocycles. The molecule has 0 heterocycles. The van der Waals surface area contributed by atoms with Crippen molar-refractivity contribution in [2.75, 3.05) is 0 Å². The number of aryl methyl sites for hydroxylation is 2. The van der Waals surface area contributed by atoms with Gasteiger partial charge in [-0.1, -0.05) is 50.8 Å². The summed E-state index contributed by atoms with van der Waals surface area (Å²) < 4.78 is 0. The van der Waals surface area contributed by atoms with Crippen LogP contribution >= 0.6 is 0 Å². The molecule has 2 aromatic carbocycles. The minimum Gasteiger partial charge on any atom is -0.289 e. The molecule has 2 aromatic rings. The molecular weight excluding hydrogens is 272 g/mol. The molecule has 0 N–H and O–H groups in total. The number of benzene rings is 2. The van der Waals surface area contributed by atoms with Crippen LogP contribution in [-0.2, 0) is 12.8 Å². The summed E-state index contributed by atoms with van der Waals surface area (Å²) in [6.07, 6.45) is 3.17. The smallest absolute Gasteiger partial charge is 0.195 e. The summed E-state index contributed by atoms with van der Waals surface area (Å²) in [7, 11) is 0. The van der Waals surface area contributed by atoms with Gasteiger partial charge >= 0.3 is 0 Å². The van der Waals surface area contributed by atoms with Gasteiger partial charge in [-0.25, -0.2) is 0 Å². The number of carbonyl (C=O) groups is 2. The van der Waals surface area contributed by atoms with E-state index in [1.54, 1.807) is 18.2 Å². The Kier molecular flexibility index (Phi) is 3.53. The minimum atomic E-state index is -0.0571. The lowest BCUT2D eigenvalue weighted by molar-refractivity contribution is 0.0977. The topological polar surface area (TPSA) is 34.1 Å². The first-order valence-corrected chi connectivity index (χ1v) is 7.63. The maximum atomic E-state index is 13.0. The molecule has 110 valence electrons. The molecule has 0 saturated heterocycles. The second kappa shape index (κ2) is 5.38.